The van der Waals surface area contributed by atoms with Crippen molar-refractivity contribution in [2.45, 2.75) is 6.92 Å². The molecule has 0 spiro atoms. The number of halogens is 1. The fourth-order valence-electron chi connectivity index (χ4n) is 1.45. The maximum absolute atomic E-state index is 11.6. The first-order valence-electron chi connectivity index (χ1n) is 6.01. The molecule has 1 aromatic heterocycles. The minimum absolute atomic E-state index is 0.487. The third-order valence-corrected chi connectivity index (χ3v) is 2.96. The number of aryl methyl sites for hydroxylation is 1. The lowest BCUT2D eigenvalue weighted by atomic mass is 10.3. The number of rotatable bonds is 3. The van der Waals surface area contributed by atoms with Crippen LogP contribution in [0.3, 0.4) is 0 Å². The average Bonchev–Trinajstić information content (AvgIpc) is 2.87. The van der Waals surface area contributed by atoms with E-state index in [1.165, 1.54) is 6.21 Å². The van der Waals surface area contributed by atoms with E-state index in [0.717, 1.165) is 10.2 Å². The molecule has 1 heterocycles. The third-order valence-electron chi connectivity index (χ3n) is 2.43. The van der Waals surface area contributed by atoms with Gasteiger partial charge in [0, 0.05) is 10.2 Å². The van der Waals surface area contributed by atoms with Crippen molar-refractivity contribution in [3.05, 3.63) is 52.4 Å². The molecule has 108 valence electrons. The number of nitrogens with one attached hydrogen (secondary N) is 2. The van der Waals surface area contributed by atoms with Crippen molar-refractivity contribution < 1.29 is 14.0 Å². The topological polar surface area (TPSA) is 83.7 Å². The molecule has 2 amide bonds. The minimum atomic E-state index is -0.863. The molecule has 2 N–H and O–H groups in total. The molecule has 0 aliphatic rings. The van der Waals surface area contributed by atoms with Crippen molar-refractivity contribution >= 4 is 39.6 Å². The summed E-state index contributed by atoms with van der Waals surface area (Å²) in [5, 5.41) is 6.10. The van der Waals surface area contributed by atoms with Crippen LogP contribution in [-0.4, -0.2) is 18.0 Å². The van der Waals surface area contributed by atoms with Gasteiger partial charge in [-0.05, 0) is 43.3 Å². The fraction of sp³-hybridized carbons (Fsp3) is 0.0714. The normalized spacial score (nSPS) is 10.6. The number of hydrogen-bond acceptors (Lipinski definition) is 4. The van der Waals surface area contributed by atoms with Gasteiger partial charge in [-0.1, -0.05) is 15.9 Å². The second-order valence-electron chi connectivity index (χ2n) is 4.11. The van der Waals surface area contributed by atoms with Crippen LogP contribution >= 0.6 is 15.9 Å². The second kappa shape index (κ2) is 6.85. The fourth-order valence-corrected chi connectivity index (χ4v) is 1.71. The summed E-state index contributed by atoms with van der Waals surface area (Å²) >= 11 is 3.28. The quantitative estimate of drug-likeness (QED) is 0.507. The van der Waals surface area contributed by atoms with Gasteiger partial charge in [-0.15, -0.1) is 0 Å². The van der Waals surface area contributed by atoms with Gasteiger partial charge >= 0.3 is 11.8 Å². The summed E-state index contributed by atoms with van der Waals surface area (Å²) < 4.78 is 6.11. The van der Waals surface area contributed by atoms with E-state index in [1.807, 2.05) is 0 Å². The van der Waals surface area contributed by atoms with Crippen LogP contribution in [0.4, 0.5) is 5.69 Å². The summed E-state index contributed by atoms with van der Waals surface area (Å²) in [7, 11) is 0. The van der Waals surface area contributed by atoms with E-state index < -0.39 is 11.8 Å². The number of anilines is 1. The van der Waals surface area contributed by atoms with E-state index in [4.69, 9.17) is 4.42 Å². The molecule has 0 unspecified atom stereocenters. The SMILES string of the molecule is Cc1ccc(/C=N\NC(=O)C(=O)Nc2ccc(Br)cc2)o1. The molecule has 0 aliphatic carbocycles. The zero-order chi connectivity index (χ0) is 15.2. The summed E-state index contributed by atoms with van der Waals surface area (Å²) in [5.74, 6) is -0.445. The Hall–Kier alpha value is -2.41. The lowest BCUT2D eigenvalue weighted by Gasteiger charge is -2.03. The van der Waals surface area contributed by atoms with Gasteiger partial charge in [0.2, 0.25) is 0 Å². The molecule has 1 aromatic carbocycles. The maximum Gasteiger partial charge on any atom is 0.329 e. The number of carbonyl (C=O) groups excluding carboxylic acids is 2. The number of amides is 2. The summed E-state index contributed by atoms with van der Waals surface area (Å²) in [6.45, 7) is 1.79. The summed E-state index contributed by atoms with van der Waals surface area (Å²) in [5.41, 5.74) is 2.64. The third kappa shape index (κ3) is 4.57. The van der Waals surface area contributed by atoms with Crippen molar-refractivity contribution in [1.29, 1.82) is 0 Å². The van der Waals surface area contributed by atoms with Gasteiger partial charge in [-0.2, -0.15) is 5.10 Å². The summed E-state index contributed by atoms with van der Waals surface area (Å²) in [6, 6.07) is 10.3. The van der Waals surface area contributed by atoms with Crippen LogP contribution in [0.5, 0.6) is 0 Å². The number of nitrogens with zero attached hydrogens (tertiary/aromatic N) is 1. The smallest absolute Gasteiger partial charge is 0.329 e. The molecular weight excluding hydrogens is 338 g/mol. The molecule has 0 atom stereocenters. The van der Waals surface area contributed by atoms with Crippen molar-refractivity contribution in [3.63, 3.8) is 0 Å². The van der Waals surface area contributed by atoms with Crippen molar-refractivity contribution in [2.24, 2.45) is 5.10 Å². The highest BCUT2D eigenvalue weighted by atomic mass is 79.9. The predicted octanol–water partition coefficient (Wildman–Crippen LogP) is 2.44. The molecule has 0 saturated carbocycles. The Morgan fingerprint density at radius 2 is 1.86 bits per heavy atom. The standard InChI is InChI=1S/C14H12BrN3O3/c1-9-2-7-12(21-9)8-16-18-14(20)13(19)17-11-5-3-10(15)4-6-11/h2-8H,1H3,(H,17,19)(H,18,20)/b16-8-. The van der Waals surface area contributed by atoms with E-state index >= 15 is 0 Å². The van der Waals surface area contributed by atoms with Gasteiger partial charge < -0.3 is 9.73 Å². The molecule has 0 saturated heterocycles. The van der Waals surface area contributed by atoms with E-state index in [0.29, 0.717) is 11.4 Å². The van der Waals surface area contributed by atoms with Crippen molar-refractivity contribution in [1.82, 2.24) is 5.43 Å². The first-order chi connectivity index (χ1) is 10.0. The number of carbonyl (C=O) groups is 2. The van der Waals surface area contributed by atoms with Gasteiger partial charge in [0.05, 0.1) is 6.21 Å². The molecule has 0 bridgehead atoms. The largest absolute Gasteiger partial charge is 0.460 e. The maximum atomic E-state index is 11.6. The number of furan rings is 1. The van der Waals surface area contributed by atoms with Crippen LogP contribution in [0.25, 0.3) is 0 Å². The van der Waals surface area contributed by atoms with Crippen molar-refractivity contribution in [2.75, 3.05) is 5.32 Å². The lowest BCUT2D eigenvalue weighted by molar-refractivity contribution is -0.136. The lowest BCUT2D eigenvalue weighted by Crippen LogP contribution is -2.32. The Kier molecular flexibility index (Phi) is 4.89. The van der Waals surface area contributed by atoms with Crippen LogP contribution in [0.2, 0.25) is 0 Å². The molecule has 7 heteroatoms. The van der Waals surface area contributed by atoms with Gasteiger partial charge in [-0.25, -0.2) is 5.43 Å². The second-order valence-corrected chi connectivity index (χ2v) is 5.02. The Labute approximate surface area is 129 Å². The van der Waals surface area contributed by atoms with Crippen molar-refractivity contribution in [3.8, 4) is 0 Å². The van der Waals surface area contributed by atoms with Crippen LogP contribution in [-0.2, 0) is 9.59 Å². The molecule has 21 heavy (non-hydrogen) atoms. The van der Waals surface area contributed by atoms with E-state index in [9.17, 15) is 9.59 Å². The highest BCUT2D eigenvalue weighted by molar-refractivity contribution is 9.10. The Balaban J connectivity index is 1.86. The molecule has 0 radical (unpaired) electrons. The molecular formula is C14H12BrN3O3. The first kappa shape index (κ1) is 15.0. The number of hydrazone groups is 1. The van der Waals surface area contributed by atoms with Gasteiger partial charge in [-0.3, -0.25) is 9.59 Å². The highest BCUT2D eigenvalue weighted by Gasteiger charge is 2.12. The monoisotopic (exact) mass is 349 g/mol. The van der Waals surface area contributed by atoms with Crippen LogP contribution < -0.4 is 10.7 Å². The summed E-state index contributed by atoms with van der Waals surface area (Å²) in [4.78, 5) is 23.1. The van der Waals surface area contributed by atoms with E-state index in [1.54, 1.807) is 43.3 Å². The Bertz CT molecular complexity index is 677. The molecule has 2 rings (SSSR count). The molecule has 6 nitrogen and oxygen atoms in total. The van der Waals surface area contributed by atoms with Crippen LogP contribution in [0.1, 0.15) is 11.5 Å². The average molecular weight is 350 g/mol. The molecule has 0 aliphatic heterocycles. The Morgan fingerprint density at radius 3 is 2.48 bits per heavy atom. The zero-order valence-electron chi connectivity index (χ0n) is 11.1. The van der Waals surface area contributed by atoms with Crippen LogP contribution in [0.15, 0.2) is 50.4 Å². The van der Waals surface area contributed by atoms with Gasteiger partial charge in [0.15, 0.2) is 0 Å². The highest BCUT2D eigenvalue weighted by Crippen LogP contribution is 2.13. The van der Waals surface area contributed by atoms with Crippen LogP contribution in [0, 0.1) is 6.92 Å². The van der Waals surface area contributed by atoms with E-state index in [2.05, 4.69) is 31.8 Å². The molecule has 0 fully saturated rings. The summed E-state index contributed by atoms with van der Waals surface area (Å²) in [6.07, 6.45) is 1.32. The Morgan fingerprint density at radius 1 is 1.14 bits per heavy atom. The van der Waals surface area contributed by atoms with Gasteiger partial charge in [0.25, 0.3) is 0 Å². The number of benzene rings is 1. The van der Waals surface area contributed by atoms with Gasteiger partial charge in [0.1, 0.15) is 11.5 Å². The zero-order valence-corrected chi connectivity index (χ0v) is 12.7. The van der Waals surface area contributed by atoms with E-state index in [-0.39, 0.29) is 0 Å². The first-order valence-corrected chi connectivity index (χ1v) is 6.80. The minimum Gasteiger partial charge on any atom is -0.460 e. The predicted molar refractivity (Wildman–Crippen MR) is 82.0 cm³/mol. The number of hydrogen-bond donors (Lipinski definition) is 2. The molecule has 2 aromatic rings.